The number of hydrogen-bond acceptors (Lipinski definition) is 8. The highest BCUT2D eigenvalue weighted by Gasteiger charge is 2.28. The predicted octanol–water partition coefficient (Wildman–Crippen LogP) is 0.0278. The largest absolute Gasteiger partial charge is 0.375 e. The Labute approximate surface area is 150 Å². The molecular weight excluding hydrogens is 340 g/mol. The Balaban J connectivity index is 1.52. The molecule has 0 spiro atoms. The SMILES string of the molecule is COCC(=O)N1CCC[C@@H](C(=O)NCc2nc(-c3ncccn3)no2)C1. The fourth-order valence-electron chi connectivity index (χ4n) is 2.77. The van der Waals surface area contributed by atoms with E-state index in [2.05, 4.69) is 25.4 Å². The molecule has 0 aliphatic carbocycles. The molecule has 1 fully saturated rings. The van der Waals surface area contributed by atoms with Crippen LogP contribution in [0.25, 0.3) is 11.6 Å². The molecule has 138 valence electrons. The monoisotopic (exact) mass is 360 g/mol. The quantitative estimate of drug-likeness (QED) is 0.765. The van der Waals surface area contributed by atoms with Gasteiger partial charge in [-0.1, -0.05) is 5.16 Å². The van der Waals surface area contributed by atoms with E-state index in [1.165, 1.54) is 7.11 Å². The predicted molar refractivity (Wildman–Crippen MR) is 88.4 cm³/mol. The van der Waals surface area contributed by atoms with Gasteiger partial charge in [0, 0.05) is 32.6 Å². The number of hydrogen-bond donors (Lipinski definition) is 1. The molecule has 2 aromatic rings. The summed E-state index contributed by atoms with van der Waals surface area (Å²) in [5, 5.41) is 6.58. The lowest BCUT2D eigenvalue weighted by Crippen LogP contribution is -2.46. The van der Waals surface area contributed by atoms with Crippen LogP contribution in [0, 0.1) is 5.92 Å². The normalized spacial score (nSPS) is 17.1. The van der Waals surface area contributed by atoms with Crippen molar-refractivity contribution in [3.63, 3.8) is 0 Å². The zero-order valence-electron chi connectivity index (χ0n) is 14.4. The van der Waals surface area contributed by atoms with Crippen molar-refractivity contribution in [2.24, 2.45) is 5.92 Å². The molecule has 2 aromatic heterocycles. The van der Waals surface area contributed by atoms with Crippen LogP contribution in [0.1, 0.15) is 18.7 Å². The lowest BCUT2D eigenvalue weighted by molar-refractivity contribution is -0.139. The van der Waals surface area contributed by atoms with E-state index < -0.39 is 0 Å². The topological polar surface area (TPSA) is 123 Å². The zero-order valence-corrected chi connectivity index (χ0v) is 14.4. The van der Waals surface area contributed by atoms with E-state index in [-0.39, 0.29) is 42.6 Å². The van der Waals surface area contributed by atoms with E-state index in [1.807, 2.05) is 0 Å². The highest BCUT2D eigenvalue weighted by Crippen LogP contribution is 2.17. The first-order valence-electron chi connectivity index (χ1n) is 8.31. The minimum Gasteiger partial charge on any atom is -0.375 e. The van der Waals surface area contributed by atoms with Crippen molar-refractivity contribution in [1.29, 1.82) is 0 Å². The second-order valence-corrected chi connectivity index (χ2v) is 5.91. The molecule has 10 heteroatoms. The average molecular weight is 360 g/mol. The van der Waals surface area contributed by atoms with Gasteiger partial charge in [-0.2, -0.15) is 4.98 Å². The Morgan fingerprint density at radius 1 is 1.35 bits per heavy atom. The lowest BCUT2D eigenvalue weighted by atomic mass is 9.97. The molecular formula is C16H20N6O4. The average Bonchev–Trinajstić information content (AvgIpc) is 3.16. The maximum atomic E-state index is 12.4. The lowest BCUT2D eigenvalue weighted by Gasteiger charge is -2.31. The van der Waals surface area contributed by atoms with Crippen molar-refractivity contribution in [3.05, 3.63) is 24.4 Å². The Kier molecular flexibility index (Phi) is 5.84. The summed E-state index contributed by atoms with van der Waals surface area (Å²) >= 11 is 0. The third kappa shape index (κ3) is 4.39. The molecule has 0 radical (unpaired) electrons. The molecule has 10 nitrogen and oxygen atoms in total. The van der Waals surface area contributed by atoms with Crippen LogP contribution in [0.3, 0.4) is 0 Å². The number of carbonyl (C=O) groups excluding carboxylic acids is 2. The van der Waals surface area contributed by atoms with Crippen LogP contribution in [-0.2, 0) is 20.9 Å². The summed E-state index contributed by atoms with van der Waals surface area (Å²) in [6.45, 7) is 1.18. The fraction of sp³-hybridized carbons (Fsp3) is 0.500. The maximum Gasteiger partial charge on any atom is 0.248 e. The highest BCUT2D eigenvalue weighted by atomic mass is 16.5. The van der Waals surface area contributed by atoms with Gasteiger partial charge in [0.15, 0.2) is 0 Å². The summed E-state index contributed by atoms with van der Waals surface area (Å²) in [5.74, 6) is 0.385. The van der Waals surface area contributed by atoms with E-state index in [4.69, 9.17) is 9.26 Å². The number of carbonyl (C=O) groups is 2. The van der Waals surface area contributed by atoms with Crippen LogP contribution in [0.5, 0.6) is 0 Å². The number of amides is 2. The standard InChI is InChI=1S/C16H20N6O4/c1-25-10-13(23)22-7-2-4-11(9-22)16(24)19-8-12-20-15(21-26-12)14-17-5-3-6-18-14/h3,5-6,11H,2,4,7-10H2,1H3,(H,19,24)/t11-/m1/s1. The van der Waals surface area contributed by atoms with Gasteiger partial charge in [-0.3, -0.25) is 9.59 Å². The summed E-state index contributed by atoms with van der Waals surface area (Å²) in [6.07, 6.45) is 4.68. The number of piperidine rings is 1. The van der Waals surface area contributed by atoms with Crippen LogP contribution in [0.15, 0.2) is 23.0 Å². The van der Waals surface area contributed by atoms with Crippen LogP contribution < -0.4 is 5.32 Å². The van der Waals surface area contributed by atoms with Crippen molar-refractivity contribution < 1.29 is 18.8 Å². The Bertz CT molecular complexity index is 750. The number of nitrogens with zero attached hydrogens (tertiary/aromatic N) is 5. The van der Waals surface area contributed by atoms with Gasteiger partial charge < -0.3 is 19.5 Å². The second-order valence-electron chi connectivity index (χ2n) is 5.91. The minimum atomic E-state index is -0.260. The van der Waals surface area contributed by atoms with Gasteiger partial charge in [0.1, 0.15) is 6.61 Å². The highest BCUT2D eigenvalue weighted by molar-refractivity contribution is 5.81. The second kappa shape index (κ2) is 8.48. The number of methoxy groups -OCH3 is 1. The molecule has 1 aliphatic heterocycles. The summed E-state index contributed by atoms with van der Waals surface area (Å²) < 4.78 is 9.98. The number of rotatable bonds is 6. The van der Waals surface area contributed by atoms with Crippen molar-refractivity contribution in [3.8, 4) is 11.6 Å². The van der Waals surface area contributed by atoms with E-state index in [0.29, 0.717) is 18.9 Å². The number of aromatic nitrogens is 4. The van der Waals surface area contributed by atoms with Gasteiger partial charge in [-0.15, -0.1) is 0 Å². The van der Waals surface area contributed by atoms with Gasteiger partial charge in [-0.05, 0) is 18.9 Å². The van der Waals surface area contributed by atoms with Crippen LogP contribution in [-0.4, -0.2) is 63.6 Å². The molecule has 0 aromatic carbocycles. The molecule has 0 saturated carbocycles. The summed E-state index contributed by atoms with van der Waals surface area (Å²) in [6, 6.07) is 1.69. The Morgan fingerprint density at radius 3 is 2.92 bits per heavy atom. The molecule has 1 aliphatic rings. The summed E-state index contributed by atoms with van der Waals surface area (Å²) in [4.78, 5) is 38.2. The van der Waals surface area contributed by atoms with Gasteiger partial charge >= 0.3 is 0 Å². The molecule has 3 heterocycles. The van der Waals surface area contributed by atoms with Crippen LogP contribution in [0.4, 0.5) is 0 Å². The smallest absolute Gasteiger partial charge is 0.248 e. The molecule has 3 rings (SSSR count). The maximum absolute atomic E-state index is 12.4. The van der Waals surface area contributed by atoms with E-state index >= 15 is 0 Å². The number of nitrogens with one attached hydrogen (secondary N) is 1. The van der Waals surface area contributed by atoms with Crippen molar-refractivity contribution in [1.82, 2.24) is 30.3 Å². The molecule has 1 saturated heterocycles. The molecule has 1 N–H and O–H groups in total. The molecule has 0 unspecified atom stereocenters. The van der Waals surface area contributed by atoms with Crippen molar-refractivity contribution >= 4 is 11.8 Å². The first kappa shape index (κ1) is 17.9. The van der Waals surface area contributed by atoms with E-state index in [9.17, 15) is 9.59 Å². The van der Waals surface area contributed by atoms with E-state index in [0.717, 1.165) is 12.8 Å². The molecule has 2 amide bonds. The van der Waals surface area contributed by atoms with E-state index in [1.54, 1.807) is 23.4 Å². The van der Waals surface area contributed by atoms with Gasteiger partial charge in [0.2, 0.25) is 29.4 Å². The zero-order chi connectivity index (χ0) is 18.4. The van der Waals surface area contributed by atoms with Gasteiger partial charge in [0.25, 0.3) is 0 Å². The molecule has 1 atom stereocenters. The Hall–Kier alpha value is -2.88. The fourth-order valence-corrected chi connectivity index (χ4v) is 2.77. The minimum absolute atomic E-state index is 0.0284. The number of likely N-dealkylation sites (tertiary alicyclic amines) is 1. The third-order valence-corrected chi connectivity index (χ3v) is 4.06. The van der Waals surface area contributed by atoms with Crippen molar-refractivity contribution in [2.45, 2.75) is 19.4 Å². The van der Waals surface area contributed by atoms with Crippen LogP contribution >= 0.6 is 0 Å². The first-order chi connectivity index (χ1) is 12.7. The summed E-state index contributed by atoms with van der Waals surface area (Å²) in [5.41, 5.74) is 0. The van der Waals surface area contributed by atoms with Gasteiger partial charge in [0.05, 0.1) is 12.5 Å². The molecule has 0 bridgehead atoms. The van der Waals surface area contributed by atoms with Crippen molar-refractivity contribution in [2.75, 3.05) is 26.8 Å². The number of ether oxygens (including phenoxy) is 1. The molecule has 26 heavy (non-hydrogen) atoms. The van der Waals surface area contributed by atoms with Gasteiger partial charge in [-0.25, -0.2) is 9.97 Å². The Morgan fingerprint density at radius 2 is 2.15 bits per heavy atom. The third-order valence-electron chi connectivity index (χ3n) is 4.06. The van der Waals surface area contributed by atoms with Crippen LogP contribution in [0.2, 0.25) is 0 Å². The first-order valence-corrected chi connectivity index (χ1v) is 8.31. The summed E-state index contributed by atoms with van der Waals surface area (Å²) in [7, 11) is 1.48.